The van der Waals surface area contributed by atoms with Crippen molar-refractivity contribution < 1.29 is 9.59 Å². The van der Waals surface area contributed by atoms with E-state index in [9.17, 15) is 9.59 Å². The Bertz CT molecular complexity index is 559. The minimum atomic E-state index is -0.448. The van der Waals surface area contributed by atoms with Crippen molar-refractivity contribution in [1.29, 1.82) is 0 Å². The number of hydrogen-bond acceptors (Lipinski definition) is 3. The van der Waals surface area contributed by atoms with Crippen molar-refractivity contribution in [3.8, 4) is 0 Å². The van der Waals surface area contributed by atoms with E-state index in [2.05, 4.69) is 5.32 Å². The Morgan fingerprint density at radius 1 is 1.44 bits per heavy atom. The minimum absolute atomic E-state index is 0.104. The molecule has 2 amide bonds. The highest BCUT2D eigenvalue weighted by molar-refractivity contribution is 7.80. The summed E-state index contributed by atoms with van der Waals surface area (Å²) < 4.78 is 1.83. The van der Waals surface area contributed by atoms with E-state index in [1.54, 1.807) is 6.08 Å². The minimum Gasteiger partial charge on any atom is -0.351 e. The Hall–Kier alpha value is -1.95. The third kappa shape index (κ3) is 2.06. The van der Waals surface area contributed by atoms with Crippen LogP contribution in [0.2, 0.25) is 0 Å². The molecule has 18 heavy (non-hydrogen) atoms. The first-order valence-corrected chi connectivity index (χ1v) is 5.95. The summed E-state index contributed by atoms with van der Waals surface area (Å²) in [5, 5.41) is 2.68. The summed E-state index contributed by atoms with van der Waals surface area (Å²) in [6.07, 6.45) is 3.42. The van der Waals surface area contributed by atoms with Gasteiger partial charge < -0.3 is 4.57 Å². The monoisotopic (exact) mass is 263 g/mol. The number of nitrogens with zero attached hydrogens (tertiary/aromatic N) is 2. The molecule has 5 nitrogen and oxygen atoms in total. The van der Waals surface area contributed by atoms with E-state index >= 15 is 0 Å². The SMILES string of the molecule is CCN1C(=O)C(=Cc2cccn2C)C(=O)NC1=S. The first kappa shape index (κ1) is 12.5. The first-order chi connectivity index (χ1) is 8.54. The second-order valence-electron chi connectivity index (χ2n) is 3.91. The molecule has 2 rings (SSSR count). The lowest BCUT2D eigenvalue weighted by Crippen LogP contribution is -2.53. The highest BCUT2D eigenvalue weighted by atomic mass is 32.1. The van der Waals surface area contributed by atoms with Gasteiger partial charge in [-0.3, -0.25) is 19.8 Å². The van der Waals surface area contributed by atoms with Crippen LogP contribution in [-0.2, 0) is 16.6 Å². The molecule has 1 aromatic rings. The van der Waals surface area contributed by atoms with Crippen molar-refractivity contribution >= 4 is 35.2 Å². The van der Waals surface area contributed by atoms with Crippen molar-refractivity contribution in [2.24, 2.45) is 7.05 Å². The number of carbonyl (C=O) groups is 2. The molecular formula is C12H13N3O2S. The molecule has 1 aliphatic rings. The average molecular weight is 263 g/mol. The average Bonchev–Trinajstić information content (AvgIpc) is 2.70. The van der Waals surface area contributed by atoms with Crippen molar-refractivity contribution in [2.45, 2.75) is 6.92 Å². The number of aromatic nitrogens is 1. The topological polar surface area (TPSA) is 54.3 Å². The number of nitrogens with one attached hydrogen (secondary N) is 1. The molecule has 1 aromatic heterocycles. The molecular weight excluding hydrogens is 250 g/mol. The van der Waals surface area contributed by atoms with Crippen LogP contribution in [0.3, 0.4) is 0 Å². The number of likely N-dealkylation sites (N-methyl/N-ethyl adjacent to an activating group) is 1. The fourth-order valence-corrected chi connectivity index (χ4v) is 2.06. The molecule has 1 aliphatic heterocycles. The van der Waals surface area contributed by atoms with Gasteiger partial charge in [0.15, 0.2) is 5.11 Å². The number of rotatable bonds is 2. The predicted molar refractivity (Wildman–Crippen MR) is 71.5 cm³/mol. The Morgan fingerprint density at radius 3 is 2.72 bits per heavy atom. The molecule has 0 bridgehead atoms. The smallest absolute Gasteiger partial charge is 0.265 e. The fourth-order valence-electron chi connectivity index (χ4n) is 1.75. The molecule has 0 spiro atoms. The van der Waals surface area contributed by atoms with Crippen LogP contribution in [0.25, 0.3) is 6.08 Å². The van der Waals surface area contributed by atoms with Gasteiger partial charge in [-0.25, -0.2) is 0 Å². The van der Waals surface area contributed by atoms with Crippen LogP contribution >= 0.6 is 12.2 Å². The molecule has 0 aliphatic carbocycles. The van der Waals surface area contributed by atoms with E-state index in [4.69, 9.17) is 12.2 Å². The highest BCUT2D eigenvalue weighted by Gasteiger charge is 2.32. The third-order valence-electron chi connectivity index (χ3n) is 2.78. The lowest BCUT2D eigenvalue weighted by atomic mass is 10.1. The molecule has 0 saturated carbocycles. The van der Waals surface area contributed by atoms with E-state index in [1.165, 1.54) is 4.90 Å². The van der Waals surface area contributed by atoms with Crippen LogP contribution in [0, 0.1) is 0 Å². The van der Waals surface area contributed by atoms with E-state index in [-0.39, 0.29) is 16.6 Å². The molecule has 0 atom stereocenters. The summed E-state index contributed by atoms with van der Waals surface area (Å²) in [4.78, 5) is 25.3. The lowest BCUT2D eigenvalue weighted by molar-refractivity contribution is -0.128. The molecule has 6 heteroatoms. The van der Waals surface area contributed by atoms with Crippen molar-refractivity contribution in [3.05, 3.63) is 29.6 Å². The Morgan fingerprint density at radius 2 is 2.17 bits per heavy atom. The van der Waals surface area contributed by atoms with Crippen molar-refractivity contribution in [1.82, 2.24) is 14.8 Å². The number of thiocarbonyl (C=S) groups is 1. The largest absolute Gasteiger partial charge is 0.351 e. The molecule has 0 aromatic carbocycles. The normalized spacial score (nSPS) is 18.4. The maximum absolute atomic E-state index is 12.1. The van der Waals surface area contributed by atoms with Gasteiger partial charge in [-0.15, -0.1) is 0 Å². The quantitative estimate of drug-likeness (QED) is 0.485. The molecule has 94 valence electrons. The maximum atomic E-state index is 12.1. The summed E-state index contributed by atoms with van der Waals surface area (Å²) in [6, 6.07) is 3.68. The van der Waals surface area contributed by atoms with Crippen molar-refractivity contribution in [3.63, 3.8) is 0 Å². The molecule has 0 radical (unpaired) electrons. The summed E-state index contributed by atoms with van der Waals surface area (Å²) in [6.45, 7) is 2.24. The highest BCUT2D eigenvalue weighted by Crippen LogP contribution is 2.14. The van der Waals surface area contributed by atoms with Crippen LogP contribution < -0.4 is 5.32 Å². The maximum Gasteiger partial charge on any atom is 0.265 e. The van der Waals surface area contributed by atoms with Gasteiger partial charge in [0.2, 0.25) is 0 Å². The second-order valence-corrected chi connectivity index (χ2v) is 4.30. The zero-order valence-corrected chi connectivity index (χ0v) is 11.0. The zero-order valence-electron chi connectivity index (χ0n) is 10.1. The number of amides is 2. The van der Waals surface area contributed by atoms with Gasteiger partial charge in [-0.2, -0.15) is 0 Å². The van der Waals surface area contributed by atoms with Crippen LogP contribution in [-0.4, -0.2) is 32.9 Å². The van der Waals surface area contributed by atoms with Gasteiger partial charge in [0, 0.05) is 25.5 Å². The van der Waals surface area contributed by atoms with Crippen LogP contribution in [0.15, 0.2) is 23.9 Å². The number of carbonyl (C=O) groups excluding carboxylic acids is 2. The fraction of sp³-hybridized carbons (Fsp3) is 0.250. The third-order valence-corrected chi connectivity index (χ3v) is 3.10. The molecule has 2 heterocycles. The Labute approximate surface area is 110 Å². The van der Waals surface area contributed by atoms with E-state index < -0.39 is 5.91 Å². The van der Waals surface area contributed by atoms with Gasteiger partial charge in [-0.05, 0) is 37.4 Å². The van der Waals surface area contributed by atoms with Gasteiger partial charge in [0.25, 0.3) is 11.8 Å². The first-order valence-electron chi connectivity index (χ1n) is 5.54. The molecule has 1 N–H and O–H groups in total. The Kier molecular flexibility index (Phi) is 3.29. The number of hydrogen-bond donors (Lipinski definition) is 1. The summed E-state index contributed by atoms with van der Waals surface area (Å²) >= 11 is 4.95. The van der Waals surface area contributed by atoms with Gasteiger partial charge in [-0.1, -0.05) is 0 Å². The van der Waals surface area contributed by atoms with Crippen LogP contribution in [0.1, 0.15) is 12.6 Å². The number of aryl methyl sites for hydroxylation is 1. The van der Waals surface area contributed by atoms with E-state index in [1.807, 2.05) is 36.9 Å². The summed E-state index contributed by atoms with van der Waals surface area (Å²) in [7, 11) is 1.85. The molecule has 1 fully saturated rings. The predicted octanol–water partition coefficient (Wildman–Crippen LogP) is 0.672. The van der Waals surface area contributed by atoms with Gasteiger partial charge in [0.1, 0.15) is 5.57 Å². The van der Waals surface area contributed by atoms with Gasteiger partial charge >= 0.3 is 0 Å². The molecule has 1 saturated heterocycles. The zero-order chi connectivity index (χ0) is 13.3. The van der Waals surface area contributed by atoms with Crippen LogP contribution in [0.4, 0.5) is 0 Å². The van der Waals surface area contributed by atoms with Crippen molar-refractivity contribution in [2.75, 3.05) is 6.54 Å². The molecule has 0 unspecified atom stereocenters. The summed E-state index contributed by atoms with van der Waals surface area (Å²) in [5.41, 5.74) is 0.893. The Balaban J connectivity index is 2.40. The lowest BCUT2D eigenvalue weighted by Gasteiger charge is -2.27. The second kappa shape index (κ2) is 4.73. The van der Waals surface area contributed by atoms with Crippen LogP contribution in [0.5, 0.6) is 0 Å². The van der Waals surface area contributed by atoms with E-state index in [0.29, 0.717) is 6.54 Å². The van der Waals surface area contributed by atoms with Gasteiger partial charge in [0.05, 0.1) is 0 Å². The van der Waals surface area contributed by atoms with E-state index in [0.717, 1.165) is 5.69 Å². The standard InChI is InChI=1S/C12H13N3O2S/c1-3-15-11(17)9(10(16)13-12(15)18)7-8-5-4-6-14(8)2/h4-7H,3H2,1-2H3,(H,13,16,18). The summed E-state index contributed by atoms with van der Waals surface area (Å²) in [5.74, 6) is -0.802.